The molecule has 8 heteroatoms. The first kappa shape index (κ1) is 25.4. The van der Waals surface area contributed by atoms with Gasteiger partial charge in [-0.3, -0.25) is 9.89 Å². The van der Waals surface area contributed by atoms with Crippen LogP contribution in [-0.2, 0) is 11.2 Å². The number of phenols is 1. The summed E-state index contributed by atoms with van der Waals surface area (Å²) in [5, 5.41) is 16.3. The highest BCUT2D eigenvalue weighted by Gasteiger charge is 2.22. The molecule has 0 aliphatic carbocycles. The molecule has 0 spiro atoms. The van der Waals surface area contributed by atoms with E-state index < -0.39 is 0 Å². The third kappa shape index (κ3) is 8.27. The summed E-state index contributed by atoms with van der Waals surface area (Å²) in [5.41, 5.74) is 2.12. The lowest BCUT2D eigenvalue weighted by atomic mass is 10.0. The SMILES string of the molecule is CCNC(=NCC(c1ccc(F)cc1)N1CCOCC1)NCCc1cccc(O)c1.I. The number of hydrogen-bond donors (Lipinski definition) is 3. The second kappa shape index (κ2) is 13.5. The van der Waals surface area contributed by atoms with E-state index in [2.05, 4.69) is 15.5 Å². The van der Waals surface area contributed by atoms with Crippen LogP contribution in [0.5, 0.6) is 5.75 Å². The molecule has 1 saturated heterocycles. The molecule has 3 rings (SSSR count). The van der Waals surface area contributed by atoms with E-state index in [1.807, 2.05) is 31.2 Å². The van der Waals surface area contributed by atoms with Crippen LogP contribution in [0.25, 0.3) is 0 Å². The zero-order valence-corrected chi connectivity index (χ0v) is 20.2. The summed E-state index contributed by atoms with van der Waals surface area (Å²) in [5.74, 6) is 0.795. The lowest BCUT2D eigenvalue weighted by Gasteiger charge is -2.34. The summed E-state index contributed by atoms with van der Waals surface area (Å²) in [6.07, 6.45) is 0.781. The largest absolute Gasteiger partial charge is 0.508 e. The molecular weight excluding hydrogens is 510 g/mol. The minimum absolute atomic E-state index is 0. The smallest absolute Gasteiger partial charge is 0.191 e. The zero-order chi connectivity index (χ0) is 21.2. The number of aliphatic imine (C=N–C) groups is 1. The molecule has 1 atom stereocenters. The second-order valence-corrected chi connectivity index (χ2v) is 7.28. The van der Waals surface area contributed by atoms with Crippen molar-refractivity contribution in [2.75, 3.05) is 45.9 Å². The molecule has 0 aromatic heterocycles. The molecular formula is C23H32FIN4O2. The standard InChI is InChI=1S/C23H31FN4O2.HI/c1-2-25-23(26-11-10-18-4-3-5-21(29)16-18)27-17-22(28-12-14-30-15-13-28)19-6-8-20(24)9-7-19;/h3-9,16,22,29H,2,10-15,17H2,1H3,(H2,25,26,27);1H. The van der Waals surface area contributed by atoms with Crippen LogP contribution in [0.15, 0.2) is 53.5 Å². The van der Waals surface area contributed by atoms with Crippen molar-refractivity contribution in [2.45, 2.75) is 19.4 Å². The lowest BCUT2D eigenvalue weighted by molar-refractivity contribution is 0.0179. The van der Waals surface area contributed by atoms with E-state index in [4.69, 9.17) is 9.73 Å². The minimum atomic E-state index is -0.232. The van der Waals surface area contributed by atoms with E-state index in [-0.39, 0.29) is 41.6 Å². The quantitative estimate of drug-likeness (QED) is 0.272. The number of rotatable bonds is 8. The van der Waals surface area contributed by atoms with Crippen molar-refractivity contribution in [1.29, 1.82) is 0 Å². The number of phenolic OH excluding ortho intramolecular Hbond substituents is 1. The molecule has 0 bridgehead atoms. The summed E-state index contributed by atoms with van der Waals surface area (Å²) in [6, 6.07) is 14.0. The molecule has 6 nitrogen and oxygen atoms in total. The molecule has 31 heavy (non-hydrogen) atoms. The van der Waals surface area contributed by atoms with Gasteiger partial charge in [-0.05, 0) is 48.7 Å². The van der Waals surface area contributed by atoms with Gasteiger partial charge in [-0.2, -0.15) is 0 Å². The van der Waals surface area contributed by atoms with Crippen molar-refractivity contribution >= 4 is 29.9 Å². The monoisotopic (exact) mass is 542 g/mol. The van der Waals surface area contributed by atoms with Crippen molar-refractivity contribution in [3.05, 3.63) is 65.5 Å². The number of nitrogens with one attached hydrogen (secondary N) is 2. The first-order valence-electron chi connectivity index (χ1n) is 10.5. The van der Waals surface area contributed by atoms with Crippen molar-refractivity contribution < 1.29 is 14.2 Å². The lowest BCUT2D eigenvalue weighted by Crippen LogP contribution is -2.42. The number of guanidine groups is 1. The number of ether oxygens (including phenoxy) is 1. The van der Waals surface area contributed by atoms with Crippen LogP contribution in [0.4, 0.5) is 4.39 Å². The first-order chi connectivity index (χ1) is 14.7. The Morgan fingerprint density at radius 1 is 1.16 bits per heavy atom. The van der Waals surface area contributed by atoms with Crippen LogP contribution in [0.2, 0.25) is 0 Å². The van der Waals surface area contributed by atoms with Gasteiger partial charge in [0.05, 0.1) is 25.8 Å². The van der Waals surface area contributed by atoms with E-state index in [9.17, 15) is 9.50 Å². The normalized spacial score (nSPS) is 15.7. The van der Waals surface area contributed by atoms with Crippen molar-refractivity contribution in [2.24, 2.45) is 4.99 Å². The van der Waals surface area contributed by atoms with Crippen LogP contribution in [0, 0.1) is 5.82 Å². The number of halogens is 2. The van der Waals surface area contributed by atoms with Gasteiger partial charge in [0.2, 0.25) is 0 Å². The van der Waals surface area contributed by atoms with Gasteiger partial charge in [-0.25, -0.2) is 4.39 Å². The minimum Gasteiger partial charge on any atom is -0.508 e. The Morgan fingerprint density at radius 2 is 1.90 bits per heavy atom. The molecule has 170 valence electrons. The molecule has 1 aliphatic heterocycles. The summed E-state index contributed by atoms with van der Waals surface area (Å²) in [7, 11) is 0. The van der Waals surface area contributed by atoms with E-state index in [0.29, 0.717) is 26.3 Å². The molecule has 0 amide bonds. The van der Waals surface area contributed by atoms with Crippen LogP contribution in [0.1, 0.15) is 24.1 Å². The number of nitrogens with zero attached hydrogens (tertiary/aromatic N) is 2. The van der Waals surface area contributed by atoms with Crippen molar-refractivity contribution in [1.82, 2.24) is 15.5 Å². The molecule has 3 N–H and O–H groups in total. The van der Waals surface area contributed by atoms with Gasteiger partial charge < -0.3 is 20.5 Å². The number of benzene rings is 2. The van der Waals surface area contributed by atoms with E-state index in [1.165, 1.54) is 12.1 Å². The van der Waals surface area contributed by atoms with Gasteiger partial charge >= 0.3 is 0 Å². The molecule has 1 fully saturated rings. The number of hydrogen-bond acceptors (Lipinski definition) is 4. The van der Waals surface area contributed by atoms with Gasteiger partial charge in [0.15, 0.2) is 5.96 Å². The summed E-state index contributed by atoms with van der Waals surface area (Å²) in [6.45, 7) is 7.12. The average Bonchev–Trinajstić information content (AvgIpc) is 2.76. The van der Waals surface area contributed by atoms with Crippen molar-refractivity contribution in [3.63, 3.8) is 0 Å². The predicted molar refractivity (Wildman–Crippen MR) is 133 cm³/mol. The molecule has 1 heterocycles. The third-order valence-corrected chi connectivity index (χ3v) is 5.12. The predicted octanol–water partition coefficient (Wildman–Crippen LogP) is 3.32. The van der Waals surface area contributed by atoms with E-state index in [0.717, 1.165) is 43.1 Å². The maximum absolute atomic E-state index is 13.4. The summed E-state index contributed by atoms with van der Waals surface area (Å²) >= 11 is 0. The number of aromatic hydroxyl groups is 1. The second-order valence-electron chi connectivity index (χ2n) is 7.28. The molecule has 1 aliphatic rings. The zero-order valence-electron chi connectivity index (χ0n) is 17.9. The Bertz CT molecular complexity index is 813. The third-order valence-electron chi connectivity index (χ3n) is 5.12. The van der Waals surface area contributed by atoms with Gasteiger partial charge in [0.25, 0.3) is 0 Å². The van der Waals surface area contributed by atoms with Crippen LogP contribution < -0.4 is 10.6 Å². The highest BCUT2D eigenvalue weighted by Crippen LogP contribution is 2.22. The van der Waals surface area contributed by atoms with Crippen LogP contribution in [0.3, 0.4) is 0 Å². The summed E-state index contributed by atoms with van der Waals surface area (Å²) in [4.78, 5) is 7.15. The van der Waals surface area contributed by atoms with Gasteiger partial charge in [-0.15, -0.1) is 24.0 Å². The highest BCUT2D eigenvalue weighted by molar-refractivity contribution is 14.0. The fourth-order valence-corrected chi connectivity index (χ4v) is 3.56. The van der Waals surface area contributed by atoms with Crippen LogP contribution >= 0.6 is 24.0 Å². The fourth-order valence-electron chi connectivity index (χ4n) is 3.56. The topological polar surface area (TPSA) is 69.1 Å². The maximum atomic E-state index is 13.4. The summed E-state index contributed by atoms with van der Waals surface area (Å²) < 4.78 is 18.9. The van der Waals surface area contributed by atoms with E-state index in [1.54, 1.807) is 12.1 Å². The molecule has 2 aromatic rings. The van der Waals surface area contributed by atoms with Gasteiger partial charge in [0, 0.05) is 26.2 Å². The first-order valence-corrected chi connectivity index (χ1v) is 10.5. The fraction of sp³-hybridized carbons (Fsp3) is 0.435. The Labute approximate surface area is 200 Å². The molecule has 2 aromatic carbocycles. The average molecular weight is 542 g/mol. The van der Waals surface area contributed by atoms with Gasteiger partial charge in [0.1, 0.15) is 11.6 Å². The Kier molecular flexibility index (Phi) is 11.0. The van der Waals surface area contributed by atoms with Crippen molar-refractivity contribution in [3.8, 4) is 5.75 Å². The maximum Gasteiger partial charge on any atom is 0.191 e. The van der Waals surface area contributed by atoms with E-state index >= 15 is 0 Å². The Balaban J connectivity index is 0.00000341. The molecule has 1 unspecified atom stereocenters. The van der Waals surface area contributed by atoms with Gasteiger partial charge in [-0.1, -0.05) is 24.3 Å². The Morgan fingerprint density at radius 3 is 2.58 bits per heavy atom. The number of morpholine rings is 1. The molecule has 0 saturated carbocycles. The highest BCUT2D eigenvalue weighted by atomic mass is 127. The van der Waals surface area contributed by atoms with Crippen LogP contribution in [-0.4, -0.2) is 61.9 Å². The Hall–Kier alpha value is -1.91. The molecule has 0 radical (unpaired) electrons.